The lowest BCUT2D eigenvalue weighted by Gasteiger charge is -2.35. The first kappa shape index (κ1) is 8.96. The van der Waals surface area contributed by atoms with Crippen LogP contribution in [0, 0.1) is 0 Å². The minimum absolute atomic E-state index is 0.810. The summed E-state index contributed by atoms with van der Waals surface area (Å²) in [6, 6.07) is 0. The van der Waals surface area contributed by atoms with Crippen molar-refractivity contribution < 1.29 is 8.54 Å². The van der Waals surface area contributed by atoms with Crippen LogP contribution >= 0.6 is 0 Å². The highest BCUT2D eigenvalue weighted by Crippen LogP contribution is 2.21. The van der Waals surface area contributed by atoms with Gasteiger partial charge in [0.25, 0.3) is 0 Å². The van der Waals surface area contributed by atoms with Crippen molar-refractivity contribution in [3.63, 3.8) is 0 Å². The van der Waals surface area contributed by atoms with E-state index >= 15 is 0 Å². The minimum atomic E-state index is -1.86. The first-order valence-corrected chi connectivity index (χ1v) is 9.44. The van der Waals surface area contributed by atoms with Crippen molar-refractivity contribution in [3.8, 4) is 0 Å². The monoisotopic (exact) mass is 189 g/mol. The van der Waals surface area contributed by atoms with Crippen molar-refractivity contribution in [2.75, 3.05) is 0 Å². The molecule has 11 heavy (non-hydrogen) atoms. The Balaban J connectivity index is 2.86. The van der Waals surface area contributed by atoms with E-state index in [-0.39, 0.29) is 0 Å². The quantitative estimate of drug-likeness (QED) is 0.545. The van der Waals surface area contributed by atoms with Gasteiger partial charge in [0.1, 0.15) is 0 Å². The Morgan fingerprint density at radius 1 is 1.18 bits per heavy atom. The highest BCUT2D eigenvalue weighted by atomic mass is 28.4. The van der Waals surface area contributed by atoms with Crippen LogP contribution in [-0.4, -0.2) is 22.9 Å². The van der Waals surface area contributed by atoms with Crippen LogP contribution in [0.3, 0.4) is 0 Å². The summed E-state index contributed by atoms with van der Waals surface area (Å²) in [5, 5.41) is 0. The third-order valence-electron chi connectivity index (χ3n) is 1.32. The molecule has 0 amide bonds. The smallest absolute Gasteiger partial charge is 0.384 e. The number of rotatable bonds is 0. The molecule has 5 heteroatoms. The van der Waals surface area contributed by atoms with Gasteiger partial charge in [-0.05, 0) is 26.2 Å². The van der Waals surface area contributed by atoms with E-state index in [9.17, 15) is 0 Å². The van der Waals surface area contributed by atoms with Gasteiger partial charge in [0.15, 0.2) is 5.90 Å². The second-order valence-electron chi connectivity index (χ2n) is 3.68. The van der Waals surface area contributed by atoms with Crippen LogP contribution in [0.5, 0.6) is 0 Å². The second kappa shape index (κ2) is 2.43. The molecule has 0 radical (unpaired) electrons. The van der Waals surface area contributed by atoms with Crippen molar-refractivity contribution in [2.24, 2.45) is 4.66 Å². The van der Waals surface area contributed by atoms with Crippen LogP contribution in [0.15, 0.2) is 4.66 Å². The predicted octanol–water partition coefficient (Wildman–Crippen LogP) is 1.86. The van der Waals surface area contributed by atoms with Crippen molar-refractivity contribution in [1.82, 2.24) is 0 Å². The summed E-state index contributed by atoms with van der Waals surface area (Å²) in [5.41, 5.74) is 0. The first-order valence-electron chi connectivity index (χ1n) is 3.76. The highest BCUT2D eigenvalue weighted by Gasteiger charge is 2.40. The maximum absolute atomic E-state index is 5.80. The molecular formula is C6H15NO2Si2. The van der Waals surface area contributed by atoms with Gasteiger partial charge in [-0.2, -0.15) is 0 Å². The van der Waals surface area contributed by atoms with Gasteiger partial charge < -0.3 is 8.54 Å². The lowest BCUT2D eigenvalue weighted by molar-refractivity contribution is 0.370. The summed E-state index contributed by atoms with van der Waals surface area (Å²) in [4.78, 5) is 0. The Morgan fingerprint density at radius 2 is 1.73 bits per heavy atom. The molecule has 0 spiro atoms. The molecule has 0 bridgehead atoms. The molecule has 0 aromatic heterocycles. The van der Waals surface area contributed by atoms with E-state index in [2.05, 4.69) is 30.8 Å². The fourth-order valence-corrected chi connectivity index (χ4v) is 8.22. The number of hydrogen-bond acceptors (Lipinski definition) is 3. The third-order valence-corrected chi connectivity index (χ3v) is 6.92. The van der Waals surface area contributed by atoms with Gasteiger partial charge in [0, 0.05) is 6.92 Å². The molecule has 1 aliphatic rings. The van der Waals surface area contributed by atoms with E-state index in [1.54, 1.807) is 0 Å². The molecule has 1 rings (SSSR count). The predicted molar refractivity (Wildman–Crippen MR) is 50.2 cm³/mol. The van der Waals surface area contributed by atoms with Crippen molar-refractivity contribution in [1.29, 1.82) is 0 Å². The largest absolute Gasteiger partial charge is 0.511 e. The van der Waals surface area contributed by atoms with Crippen LogP contribution in [0.4, 0.5) is 0 Å². The minimum Gasteiger partial charge on any atom is -0.511 e. The van der Waals surface area contributed by atoms with E-state index in [0.29, 0.717) is 0 Å². The van der Waals surface area contributed by atoms with Gasteiger partial charge >= 0.3 is 17.0 Å². The summed E-state index contributed by atoms with van der Waals surface area (Å²) in [6.07, 6.45) is 0. The molecule has 0 aromatic rings. The zero-order chi connectivity index (χ0) is 8.70. The molecule has 64 valence electrons. The summed E-state index contributed by atoms with van der Waals surface area (Å²) in [6.45, 7) is 10.2. The van der Waals surface area contributed by atoms with Gasteiger partial charge in [0.05, 0.1) is 0 Å². The van der Waals surface area contributed by atoms with Crippen LogP contribution < -0.4 is 0 Å². The Morgan fingerprint density at radius 3 is 2.09 bits per heavy atom. The molecule has 0 fully saturated rings. The van der Waals surface area contributed by atoms with E-state index in [0.717, 1.165) is 5.90 Å². The molecule has 1 aliphatic heterocycles. The van der Waals surface area contributed by atoms with Gasteiger partial charge in [-0.15, -0.1) is 0 Å². The van der Waals surface area contributed by atoms with Gasteiger partial charge in [-0.1, -0.05) is 0 Å². The molecular weight excluding hydrogens is 174 g/mol. The SMILES string of the molecule is CC1=N[Si](C)(C)O[Si](C)(C)O1. The second-order valence-corrected chi connectivity index (χ2v) is 10.6. The van der Waals surface area contributed by atoms with Crippen LogP contribution in [0.25, 0.3) is 0 Å². The Labute approximate surface area is 69.9 Å². The first-order chi connectivity index (χ1) is 4.81. The molecule has 0 N–H and O–H groups in total. The molecule has 1 heterocycles. The van der Waals surface area contributed by atoms with Gasteiger partial charge in [-0.3, -0.25) is 4.66 Å². The van der Waals surface area contributed by atoms with E-state index in [4.69, 9.17) is 8.54 Å². The highest BCUT2D eigenvalue weighted by molar-refractivity contribution is 6.83. The standard InChI is InChI=1S/C6H15NO2Si2/c1-6-7-10(2,3)9-11(4,5)8-6/h1-5H3. The van der Waals surface area contributed by atoms with Crippen molar-refractivity contribution in [2.45, 2.75) is 33.1 Å². The van der Waals surface area contributed by atoms with Crippen molar-refractivity contribution >= 4 is 22.9 Å². The van der Waals surface area contributed by atoms with E-state index in [1.165, 1.54) is 0 Å². The van der Waals surface area contributed by atoms with E-state index < -0.39 is 17.0 Å². The lowest BCUT2D eigenvalue weighted by Crippen LogP contribution is -2.51. The number of nitrogens with zero attached hydrogens (tertiary/aromatic N) is 1. The molecule has 0 saturated heterocycles. The molecule has 3 nitrogen and oxygen atoms in total. The normalized spacial score (nSPS) is 27.2. The fourth-order valence-electron chi connectivity index (χ4n) is 1.40. The zero-order valence-electron chi connectivity index (χ0n) is 7.76. The maximum atomic E-state index is 5.80. The molecule has 0 unspecified atom stereocenters. The molecule has 0 aliphatic carbocycles. The Bertz CT molecular complexity index is 201. The lowest BCUT2D eigenvalue weighted by atomic mass is 10.8. The van der Waals surface area contributed by atoms with E-state index in [1.807, 2.05) is 6.92 Å². The maximum Gasteiger partial charge on any atom is 0.384 e. The summed E-state index contributed by atoms with van der Waals surface area (Å²) < 4.78 is 15.7. The topological polar surface area (TPSA) is 30.8 Å². The van der Waals surface area contributed by atoms with Gasteiger partial charge in [0.2, 0.25) is 0 Å². The number of hydrogen-bond donors (Lipinski definition) is 0. The van der Waals surface area contributed by atoms with Crippen LogP contribution in [0.2, 0.25) is 26.2 Å². The Hall–Kier alpha value is -0.136. The fraction of sp³-hybridized carbons (Fsp3) is 0.833. The average molecular weight is 189 g/mol. The zero-order valence-corrected chi connectivity index (χ0v) is 9.76. The summed E-state index contributed by atoms with van der Waals surface area (Å²) >= 11 is 0. The molecule has 0 aromatic carbocycles. The van der Waals surface area contributed by atoms with Gasteiger partial charge in [-0.25, -0.2) is 0 Å². The Kier molecular flexibility index (Phi) is 1.98. The average Bonchev–Trinajstić information content (AvgIpc) is 1.49. The summed E-state index contributed by atoms with van der Waals surface area (Å²) in [5.74, 6) is 0.810. The molecule has 0 saturated carbocycles. The molecule has 0 atom stereocenters. The third kappa shape index (κ3) is 2.42. The van der Waals surface area contributed by atoms with Crippen molar-refractivity contribution in [3.05, 3.63) is 0 Å². The van der Waals surface area contributed by atoms with Crippen LogP contribution in [-0.2, 0) is 8.54 Å². The van der Waals surface area contributed by atoms with Crippen LogP contribution in [0.1, 0.15) is 6.92 Å². The summed E-state index contributed by atoms with van der Waals surface area (Å²) in [7, 11) is -3.62.